The first-order chi connectivity index (χ1) is 39.6. The third-order valence-electron chi connectivity index (χ3n) is 13.5. The van der Waals surface area contributed by atoms with Gasteiger partial charge in [-0.15, -0.1) is 0 Å². The Morgan fingerprint density at radius 3 is 1.25 bits per heavy atom. The van der Waals surface area contributed by atoms with E-state index in [-0.39, 0.29) is 25.9 Å². The van der Waals surface area contributed by atoms with Crippen molar-refractivity contribution in [2.45, 2.75) is 276 Å². The fraction of sp³-hybridized carbons (Fsp3) is 0.652. The molecule has 81 heavy (non-hydrogen) atoms. The van der Waals surface area contributed by atoms with Gasteiger partial charge in [0.1, 0.15) is 18.8 Å². The van der Waals surface area contributed by atoms with Crippen molar-refractivity contribution >= 4 is 23.9 Å². The molecule has 1 aliphatic rings. The summed E-state index contributed by atoms with van der Waals surface area (Å²) in [7, 11) is 0. The van der Waals surface area contributed by atoms with Crippen LogP contribution < -0.4 is 0 Å². The number of esters is 3. The van der Waals surface area contributed by atoms with Crippen molar-refractivity contribution in [1.82, 2.24) is 0 Å². The number of rotatable bonds is 52. The summed E-state index contributed by atoms with van der Waals surface area (Å²) >= 11 is 0. The van der Waals surface area contributed by atoms with Gasteiger partial charge in [0.15, 0.2) is 24.6 Å². The molecule has 12 heteroatoms. The van der Waals surface area contributed by atoms with E-state index in [9.17, 15) is 34.5 Å². The van der Waals surface area contributed by atoms with Crippen LogP contribution in [0.1, 0.15) is 239 Å². The quantitative estimate of drug-likeness (QED) is 0.0228. The Morgan fingerprint density at radius 2 is 0.802 bits per heavy atom. The highest BCUT2D eigenvalue weighted by molar-refractivity contribution is 5.74. The summed E-state index contributed by atoms with van der Waals surface area (Å²) in [5, 5.41) is 31.6. The molecule has 1 fully saturated rings. The lowest BCUT2D eigenvalue weighted by Crippen LogP contribution is -2.61. The van der Waals surface area contributed by atoms with Crippen LogP contribution in [0.2, 0.25) is 0 Å². The Morgan fingerprint density at radius 1 is 0.420 bits per heavy atom. The summed E-state index contributed by atoms with van der Waals surface area (Å²) in [5.74, 6) is -3.26. The number of ether oxygens (including phenoxy) is 5. The van der Waals surface area contributed by atoms with E-state index in [1.165, 1.54) is 38.5 Å². The van der Waals surface area contributed by atoms with Gasteiger partial charge in [-0.2, -0.15) is 0 Å². The molecular formula is C69H110O12. The van der Waals surface area contributed by atoms with Gasteiger partial charge in [0.05, 0.1) is 6.61 Å². The number of aliphatic hydroxyl groups is 2. The molecule has 6 atom stereocenters. The van der Waals surface area contributed by atoms with Gasteiger partial charge in [-0.1, -0.05) is 226 Å². The first-order valence-electron chi connectivity index (χ1n) is 31.5. The molecule has 0 aromatic rings. The van der Waals surface area contributed by atoms with Gasteiger partial charge in [-0.05, 0) is 116 Å². The largest absolute Gasteiger partial charge is 0.479 e. The molecule has 1 rings (SSSR count). The standard InChI is InChI=1S/C69H110O12/c1-4-7-10-13-16-19-22-25-28-30-31-33-35-37-40-43-46-49-52-55-61(70)77-58-60(79-62(71)56-53-50-47-44-41-38-34-27-24-21-18-15-12-9-6-3)59-78-69-67(65(74)64(73)66(81-69)68(75)76)80-63(72)57-54-51-48-45-42-39-36-32-29-26-23-20-17-14-11-8-5-2/h7-8,10-11,16-17,19-20,25-29,31,33-34,37,40,46,49,60,64-67,69,73-74H,4-6,9,12-15,18,21-24,30,32,35-36,38-39,41-45,47-48,50-59H2,1-3H3,(H,75,76)/b10-7-,11-8-,19-16-,20-17-,28-25-,29-26-,33-31-,34-27-,40-37-,49-46-. The summed E-state index contributed by atoms with van der Waals surface area (Å²) in [6.45, 7) is 5.69. The smallest absolute Gasteiger partial charge is 0.335 e. The zero-order valence-corrected chi connectivity index (χ0v) is 50.5. The summed E-state index contributed by atoms with van der Waals surface area (Å²) in [5.41, 5.74) is 0. The maximum absolute atomic E-state index is 13.2. The highest BCUT2D eigenvalue weighted by Crippen LogP contribution is 2.26. The summed E-state index contributed by atoms with van der Waals surface area (Å²) in [6.07, 6.45) is 64.5. The van der Waals surface area contributed by atoms with Crippen LogP contribution in [0.5, 0.6) is 0 Å². The number of carbonyl (C=O) groups excluding carboxylic acids is 3. The molecule has 0 bridgehead atoms. The van der Waals surface area contributed by atoms with Gasteiger partial charge in [-0.3, -0.25) is 14.4 Å². The number of hydrogen-bond donors (Lipinski definition) is 3. The highest BCUT2D eigenvalue weighted by Gasteiger charge is 2.50. The Kier molecular flexibility index (Phi) is 50.9. The fourth-order valence-corrected chi connectivity index (χ4v) is 8.76. The lowest BCUT2D eigenvalue weighted by Gasteiger charge is -2.40. The lowest BCUT2D eigenvalue weighted by atomic mass is 9.98. The van der Waals surface area contributed by atoms with Gasteiger partial charge < -0.3 is 39.0 Å². The lowest BCUT2D eigenvalue weighted by molar-refractivity contribution is -0.301. The van der Waals surface area contributed by atoms with E-state index in [2.05, 4.69) is 130 Å². The topological polar surface area (TPSA) is 175 Å². The average Bonchev–Trinajstić information content (AvgIpc) is 3.53. The molecule has 458 valence electrons. The van der Waals surface area contributed by atoms with Crippen LogP contribution in [0, 0.1) is 0 Å². The van der Waals surface area contributed by atoms with E-state index in [4.69, 9.17) is 23.7 Å². The number of allylic oxidation sites excluding steroid dienone is 20. The zero-order valence-electron chi connectivity index (χ0n) is 50.5. The highest BCUT2D eigenvalue weighted by atomic mass is 16.7. The van der Waals surface area contributed by atoms with Crippen molar-refractivity contribution in [2.75, 3.05) is 13.2 Å². The molecule has 0 radical (unpaired) electrons. The number of carboxylic acid groups (broad SMARTS) is 1. The predicted molar refractivity (Wildman–Crippen MR) is 330 cm³/mol. The molecule has 1 saturated heterocycles. The minimum absolute atomic E-state index is 0.0354. The first-order valence-corrected chi connectivity index (χ1v) is 31.5. The third kappa shape index (κ3) is 45.3. The molecular weight excluding hydrogens is 1020 g/mol. The zero-order chi connectivity index (χ0) is 58.9. The molecule has 12 nitrogen and oxygen atoms in total. The second kappa shape index (κ2) is 55.6. The summed E-state index contributed by atoms with van der Waals surface area (Å²) in [6, 6.07) is 0. The van der Waals surface area contributed by atoms with Crippen molar-refractivity contribution in [1.29, 1.82) is 0 Å². The number of hydrogen-bond acceptors (Lipinski definition) is 11. The van der Waals surface area contributed by atoms with Crippen molar-refractivity contribution in [3.05, 3.63) is 122 Å². The minimum atomic E-state index is -1.92. The Balaban J connectivity index is 2.73. The average molecular weight is 1130 g/mol. The van der Waals surface area contributed by atoms with E-state index in [0.717, 1.165) is 141 Å². The van der Waals surface area contributed by atoms with E-state index < -0.39 is 67.3 Å². The third-order valence-corrected chi connectivity index (χ3v) is 13.5. The van der Waals surface area contributed by atoms with E-state index in [1.807, 2.05) is 12.2 Å². The monoisotopic (exact) mass is 1130 g/mol. The van der Waals surface area contributed by atoms with E-state index >= 15 is 0 Å². The SMILES string of the molecule is CC/C=C\C/C=C\C/C=C\C/C=C\C/C=C\C/C=C\CCC(=O)OCC(COC1OC(C(=O)O)C(O)C(O)C1OC(=O)CCCCCCCCC/C=C\C/C=C\C/C=C\CC)OC(=O)CCCCCCC/C=C\CCCCCCCC. The van der Waals surface area contributed by atoms with Crippen LogP contribution in [0.4, 0.5) is 0 Å². The van der Waals surface area contributed by atoms with Crippen LogP contribution >= 0.6 is 0 Å². The van der Waals surface area contributed by atoms with Gasteiger partial charge >= 0.3 is 23.9 Å². The Bertz CT molecular complexity index is 1870. The molecule has 3 N–H and O–H groups in total. The predicted octanol–water partition coefficient (Wildman–Crippen LogP) is 16.8. The van der Waals surface area contributed by atoms with Crippen LogP contribution in [-0.4, -0.2) is 89.2 Å². The molecule has 0 saturated carbocycles. The number of aliphatic carboxylic acids is 1. The van der Waals surface area contributed by atoms with Crippen LogP contribution in [-0.2, 0) is 42.9 Å². The number of unbranched alkanes of at least 4 members (excludes halogenated alkanes) is 18. The van der Waals surface area contributed by atoms with Crippen LogP contribution in [0.15, 0.2) is 122 Å². The molecule has 0 amide bonds. The second-order valence-corrected chi connectivity index (χ2v) is 20.9. The van der Waals surface area contributed by atoms with Crippen molar-refractivity contribution in [3.63, 3.8) is 0 Å². The van der Waals surface area contributed by atoms with Gasteiger partial charge in [0.25, 0.3) is 0 Å². The molecule has 0 aromatic heterocycles. The Labute approximate surface area is 490 Å². The number of aliphatic hydroxyl groups excluding tert-OH is 2. The minimum Gasteiger partial charge on any atom is -0.479 e. The fourth-order valence-electron chi connectivity index (χ4n) is 8.76. The number of carbonyl (C=O) groups is 4. The van der Waals surface area contributed by atoms with Gasteiger partial charge in [0.2, 0.25) is 0 Å². The molecule has 0 aliphatic carbocycles. The molecule has 0 spiro atoms. The Hall–Kier alpha value is -4.88. The number of carboxylic acids is 1. The maximum Gasteiger partial charge on any atom is 0.335 e. The van der Waals surface area contributed by atoms with E-state index in [1.54, 1.807) is 0 Å². The van der Waals surface area contributed by atoms with E-state index in [0.29, 0.717) is 19.3 Å². The molecule has 6 unspecified atom stereocenters. The van der Waals surface area contributed by atoms with Gasteiger partial charge in [0, 0.05) is 19.3 Å². The van der Waals surface area contributed by atoms with Crippen LogP contribution in [0.3, 0.4) is 0 Å². The van der Waals surface area contributed by atoms with Crippen molar-refractivity contribution in [2.24, 2.45) is 0 Å². The molecule has 1 aliphatic heterocycles. The van der Waals surface area contributed by atoms with Crippen molar-refractivity contribution < 1.29 is 58.2 Å². The van der Waals surface area contributed by atoms with Crippen molar-refractivity contribution in [3.8, 4) is 0 Å². The summed E-state index contributed by atoms with van der Waals surface area (Å²) in [4.78, 5) is 51.2. The normalized spacial score (nSPS) is 18.6. The second-order valence-electron chi connectivity index (χ2n) is 20.9. The first kappa shape index (κ1) is 74.1. The summed E-state index contributed by atoms with van der Waals surface area (Å²) < 4.78 is 28.4. The van der Waals surface area contributed by atoms with Gasteiger partial charge in [-0.25, -0.2) is 4.79 Å². The van der Waals surface area contributed by atoms with Crippen LogP contribution in [0.25, 0.3) is 0 Å². The molecule has 0 aromatic carbocycles. The molecule has 1 heterocycles. The maximum atomic E-state index is 13.2.